The Hall–Kier alpha value is -1.86. The average molecular weight is 523 g/mol. The molecule has 1 aliphatic rings. The molecular formula is C25H32BrNO4S. The van der Waals surface area contributed by atoms with E-state index in [0.29, 0.717) is 22.2 Å². The fourth-order valence-electron chi connectivity index (χ4n) is 4.14. The predicted molar refractivity (Wildman–Crippen MR) is 133 cm³/mol. The van der Waals surface area contributed by atoms with Crippen molar-refractivity contribution < 1.29 is 19.1 Å². The minimum absolute atomic E-state index is 0.130. The first-order valence-corrected chi connectivity index (χ1v) is 12.6. The van der Waals surface area contributed by atoms with Gasteiger partial charge in [-0.15, -0.1) is 11.3 Å². The summed E-state index contributed by atoms with van der Waals surface area (Å²) in [6, 6.07) is 5.77. The minimum atomic E-state index is -0.400. The van der Waals surface area contributed by atoms with Crippen LogP contribution >= 0.6 is 27.3 Å². The number of hydrogen-bond donors (Lipinski definition) is 1. The number of carbonyl (C=O) groups excluding carboxylic acids is 2. The van der Waals surface area contributed by atoms with Gasteiger partial charge < -0.3 is 14.8 Å². The summed E-state index contributed by atoms with van der Waals surface area (Å²) in [6.07, 6.45) is 2.76. The molecule has 1 aromatic heterocycles. The molecule has 0 saturated carbocycles. The smallest absolute Gasteiger partial charge is 0.341 e. The van der Waals surface area contributed by atoms with Crippen LogP contribution in [0.2, 0.25) is 0 Å². The molecule has 0 fully saturated rings. The number of amides is 1. The maximum atomic E-state index is 12.7. The second-order valence-corrected chi connectivity index (χ2v) is 11.7. The van der Waals surface area contributed by atoms with Crippen molar-refractivity contribution in [3.63, 3.8) is 0 Å². The molecule has 1 aromatic carbocycles. The van der Waals surface area contributed by atoms with Gasteiger partial charge in [0.25, 0.3) is 5.91 Å². The standard InChI is InChI=1S/C25H32BrNO4S/c1-14(2)18-12-16(26)8-10-19(18)31-13-21(28)27-23-22(24(29)30-6)17-9-7-15(25(3,4)5)11-20(17)32-23/h8,10,12,14-15H,7,9,11,13H2,1-6H3,(H,27,28). The number of anilines is 1. The van der Waals surface area contributed by atoms with E-state index in [-0.39, 0.29) is 23.8 Å². The quantitative estimate of drug-likeness (QED) is 0.435. The van der Waals surface area contributed by atoms with Gasteiger partial charge in [-0.1, -0.05) is 50.5 Å². The molecule has 0 radical (unpaired) electrons. The molecule has 1 N–H and O–H groups in total. The molecule has 1 amide bonds. The van der Waals surface area contributed by atoms with Crippen molar-refractivity contribution in [3.05, 3.63) is 44.2 Å². The first-order chi connectivity index (χ1) is 15.0. The van der Waals surface area contributed by atoms with E-state index in [1.54, 1.807) is 0 Å². The Bertz CT molecular complexity index is 1010. The highest BCUT2D eigenvalue weighted by Crippen LogP contribution is 2.44. The van der Waals surface area contributed by atoms with Crippen LogP contribution in [-0.4, -0.2) is 25.6 Å². The third-order valence-corrected chi connectivity index (χ3v) is 7.75. The summed E-state index contributed by atoms with van der Waals surface area (Å²) in [5.74, 6) is 0.792. The van der Waals surface area contributed by atoms with E-state index < -0.39 is 5.97 Å². The number of benzene rings is 1. The van der Waals surface area contributed by atoms with E-state index in [1.165, 1.54) is 23.3 Å². The van der Waals surface area contributed by atoms with E-state index in [0.717, 1.165) is 34.9 Å². The molecule has 0 saturated heterocycles. The number of halogens is 1. The van der Waals surface area contributed by atoms with Gasteiger partial charge in [0, 0.05) is 9.35 Å². The van der Waals surface area contributed by atoms with Crippen LogP contribution in [0.3, 0.4) is 0 Å². The Morgan fingerprint density at radius 1 is 1.28 bits per heavy atom. The Balaban J connectivity index is 1.78. The van der Waals surface area contributed by atoms with Crippen molar-refractivity contribution in [3.8, 4) is 5.75 Å². The normalized spacial score (nSPS) is 15.9. The van der Waals surface area contributed by atoms with Crippen molar-refractivity contribution in [2.75, 3.05) is 19.0 Å². The molecule has 5 nitrogen and oxygen atoms in total. The van der Waals surface area contributed by atoms with Gasteiger partial charge in [0.05, 0.1) is 12.7 Å². The van der Waals surface area contributed by atoms with E-state index in [9.17, 15) is 9.59 Å². The third kappa shape index (κ3) is 5.54. The number of hydrogen-bond acceptors (Lipinski definition) is 5. The largest absolute Gasteiger partial charge is 0.483 e. The minimum Gasteiger partial charge on any atom is -0.483 e. The van der Waals surface area contributed by atoms with Crippen molar-refractivity contribution in [1.82, 2.24) is 0 Å². The molecular weight excluding hydrogens is 490 g/mol. The van der Waals surface area contributed by atoms with Crippen LogP contribution in [0.25, 0.3) is 0 Å². The summed E-state index contributed by atoms with van der Waals surface area (Å²) in [6.45, 7) is 10.8. The molecule has 1 unspecified atom stereocenters. The summed E-state index contributed by atoms with van der Waals surface area (Å²) in [4.78, 5) is 26.5. The monoisotopic (exact) mass is 521 g/mol. The first kappa shape index (κ1) is 24.8. The second kappa shape index (κ2) is 9.96. The second-order valence-electron chi connectivity index (χ2n) is 9.68. The lowest BCUT2D eigenvalue weighted by molar-refractivity contribution is -0.118. The van der Waals surface area contributed by atoms with Crippen molar-refractivity contribution in [2.45, 2.75) is 59.8 Å². The van der Waals surface area contributed by atoms with Gasteiger partial charge >= 0.3 is 5.97 Å². The number of carbonyl (C=O) groups is 2. The van der Waals surface area contributed by atoms with Gasteiger partial charge in [-0.3, -0.25) is 4.79 Å². The molecule has 0 aliphatic heterocycles. The van der Waals surface area contributed by atoms with Crippen LogP contribution in [0.5, 0.6) is 5.75 Å². The lowest BCUT2D eigenvalue weighted by Crippen LogP contribution is -2.26. The van der Waals surface area contributed by atoms with Crippen molar-refractivity contribution in [2.24, 2.45) is 11.3 Å². The average Bonchev–Trinajstić information content (AvgIpc) is 3.08. The zero-order chi connectivity index (χ0) is 23.6. The number of rotatable bonds is 6. The summed E-state index contributed by atoms with van der Waals surface area (Å²) < 4.78 is 11.8. The molecule has 2 aromatic rings. The fourth-order valence-corrected chi connectivity index (χ4v) is 5.85. The van der Waals surface area contributed by atoms with Gasteiger partial charge in [0.2, 0.25) is 0 Å². The number of ether oxygens (including phenoxy) is 2. The van der Waals surface area contributed by atoms with Crippen LogP contribution < -0.4 is 10.1 Å². The van der Waals surface area contributed by atoms with Crippen LogP contribution in [0.1, 0.15) is 73.3 Å². The maximum Gasteiger partial charge on any atom is 0.341 e. The summed E-state index contributed by atoms with van der Waals surface area (Å²) >= 11 is 4.97. The molecule has 7 heteroatoms. The lowest BCUT2D eigenvalue weighted by atomic mass is 9.72. The van der Waals surface area contributed by atoms with E-state index >= 15 is 0 Å². The van der Waals surface area contributed by atoms with Gasteiger partial charge in [0.1, 0.15) is 10.8 Å². The van der Waals surface area contributed by atoms with E-state index in [2.05, 4.69) is 55.9 Å². The van der Waals surface area contributed by atoms with E-state index in [1.807, 2.05) is 18.2 Å². The molecule has 32 heavy (non-hydrogen) atoms. The predicted octanol–water partition coefficient (Wildman–Crippen LogP) is 6.59. The fraction of sp³-hybridized carbons (Fsp3) is 0.520. The summed E-state index contributed by atoms with van der Waals surface area (Å²) in [5, 5.41) is 3.47. The van der Waals surface area contributed by atoms with Gasteiger partial charge in [-0.25, -0.2) is 4.79 Å². The highest BCUT2D eigenvalue weighted by Gasteiger charge is 2.34. The first-order valence-electron chi connectivity index (χ1n) is 11.0. The maximum absolute atomic E-state index is 12.7. The molecule has 174 valence electrons. The number of methoxy groups -OCH3 is 1. The van der Waals surface area contributed by atoms with Gasteiger partial charge in [-0.2, -0.15) is 0 Å². The number of nitrogens with one attached hydrogen (secondary N) is 1. The number of esters is 1. The molecule has 0 bridgehead atoms. The van der Waals surface area contributed by atoms with E-state index in [4.69, 9.17) is 9.47 Å². The highest BCUT2D eigenvalue weighted by molar-refractivity contribution is 9.10. The van der Waals surface area contributed by atoms with Crippen molar-refractivity contribution in [1.29, 1.82) is 0 Å². The number of thiophene rings is 1. The number of fused-ring (bicyclic) bond motifs is 1. The molecule has 1 atom stereocenters. The van der Waals surface area contributed by atoms with Crippen LogP contribution in [0, 0.1) is 11.3 Å². The highest BCUT2D eigenvalue weighted by atomic mass is 79.9. The lowest BCUT2D eigenvalue weighted by Gasteiger charge is -2.33. The molecule has 0 spiro atoms. The van der Waals surface area contributed by atoms with Crippen LogP contribution in [0.4, 0.5) is 5.00 Å². The molecule has 1 aliphatic carbocycles. The van der Waals surface area contributed by atoms with Gasteiger partial charge in [-0.05, 0) is 65.8 Å². The van der Waals surface area contributed by atoms with Crippen LogP contribution in [-0.2, 0) is 22.4 Å². The van der Waals surface area contributed by atoms with Gasteiger partial charge in [0.15, 0.2) is 6.61 Å². The molecule has 1 heterocycles. The zero-order valence-electron chi connectivity index (χ0n) is 19.6. The van der Waals surface area contributed by atoms with Crippen molar-refractivity contribution >= 4 is 44.1 Å². The Kier molecular flexibility index (Phi) is 7.71. The summed E-state index contributed by atoms with van der Waals surface area (Å²) in [5.41, 5.74) is 2.75. The molecule has 3 rings (SSSR count). The van der Waals surface area contributed by atoms with Crippen LogP contribution in [0.15, 0.2) is 22.7 Å². The Labute approximate surface area is 203 Å². The Morgan fingerprint density at radius 3 is 2.62 bits per heavy atom. The Morgan fingerprint density at radius 2 is 2.00 bits per heavy atom. The SMILES string of the molecule is COC(=O)c1c(NC(=O)COc2ccc(Br)cc2C(C)C)sc2c1CCC(C(C)(C)C)C2. The zero-order valence-corrected chi connectivity index (χ0v) is 22.0. The topological polar surface area (TPSA) is 64.6 Å². The summed E-state index contributed by atoms with van der Waals surface area (Å²) in [7, 11) is 1.38. The third-order valence-electron chi connectivity index (χ3n) is 6.09.